The molecule has 112 valence electrons. The summed E-state index contributed by atoms with van der Waals surface area (Å²) in [7, 11) is 0. The third kappa shape index (κ3) is 2.48. The highest BCUT2D eigenvalue weighted by Gasteiger charge is 2.15. The number of hydrogen-bond acceptors (Lipinski definition) is 3. The van der Waals surface area contributed by atoms with Crippen molar-refractivity contribution in [3.8, 4) is 0 Å². The van der Waals surface area contributed by atoms with Crippen molar-refractivity contribution in [2.45, 2.75) is 13.3 Å². The Morgan fingerprint density at radius 3 is 2.91 bits per heavy atom. The summed E-state index contributed by atoms with van der Waals surface area (Å²) in [6.07, 6.45) is 1.42. The van der Waals surface area contributed by atoms with Gasteiger partial charge in [0.25, 0.3) is 5.56 Å². The molecule has 0 radical (unpaired) electrons. The van der Waals surface area contributed by atoms with Crippen molar-refractivity contribution in [3.63, 3.8) is 0 Å². The van der Waals surface area contributed by atoms with E-state index in [1.807, 2.05) is 0 Å². The zero-order valence-corrected chi connectivity index (χ0v) is 11.8. The van der Waals surface area contributed by atoms with Crippen LogP contribution in [0.25, 0.3) is 5.65 Å². The average molecular weight is 300 g/mol. The highest BCUT2D eigenvalue weighted by molar-refractivity contribution is 5.92. The first-order valence-corrected chi connectivity index (χ1v) is 6.66. The second-order valence-corrected chi connectivity index (χ2v) is 4.84. The number of hydrogen-bond donors (Lipinski definition) is 2. The molecule has 1 amide bonds. The third-order valence-electron chi connectivity index (χ3n) is 3.33. The van der Waals surface area contributed by atoms with Gasteiger partial charge in [0, 0.05) is 23.5 Å². The molecule has 22 heavy (non-hydrogen) atoms. The molecule has 3 aromatic rings. The third-order valence-corrected chi connectivity index (χ3v) is 3.33. The van der Waals surface area contributed by atoms with Gasteiger partial charge >= 0.3 is 0 Å². The van der Waals surface area contributed by atoms with Gasteiger partial charge in [0.05, 0.1) is 12.1 Å². The summed E-state index contributed by atoms with van der Waals surface area (Å²) in [6, 6.07) is 7.52. The van der Waals surface area contributed by atoms with Crippen LogP contribution in [0.4, 0.5) is 10.1 Å². The van der Waals surface area contributed by atoms with Crippen molar-refractivity contribution in [1.82, 2.24) is 14.6 Å². The molecule has 0 aliphatic heterocycles. The fourth-order valence-electron chi connectivity index (χ4n) is 2.23. The predicted molar refractivity (Wildman–Crippen MR) is 79.3 cm³/mol. The minimum Gasteiger partial charge on any atom is -0.323 e. The zero-order chi connectivity index (χ0) is 15.7. The van der Waals surface area contributed by atoms with Crippen LogP contribution in [-0.2, 0) is 11.2 Å². The van der Waals surface area contributed by atoms with Gasteiger partial charge in [-0.15, -0.1) is 0 Å². The van der Waals surface area contributed by atoms with Gasteiger partial charge in [0.1, 0.15) is 5.82 Å². The first-order chi connectivity index (χ1) is 10.6. The Kier molecular flexibility index (Phi) is 3.46. The summed E-state index contributed by atoms with van der Waals surface area (Å²) in [5.41, 5.74) is 0.984. The number of fused-ring (bicyclic) bond motifs is 1. The van der Waals surface area contributed by atoms with Crippen molar-refractivity contribution in [1.29, 1.82) is 0 Å². The first-order valence-electron chi connectivity index (χ1n) is 6.66. The van der Waals surface area contributed by atoms with Crippen molar-refractivity contribution in [2.75, 3.05) is 5.32 Å². The second-order valence-electron chi connectivity index (χ2n) is 4.84. The number of H-pyrrole nitrogens is 1. The van der Waals surface area contributed by atoms with E-state index >= 15 is 0 Å². The fraction of sp³-hybridized carbons (Fsp3) is 0.133. The number of aromatic amines is 1. The van der Waals surface area contributed by atoms with E-state index in [0.29, 0.717) is 11.3 Å². The van der Waals surface area contributed by atoms with Gasteiger partial charge in [-0.1, -0.05) is 12.1 Å². The topological polar surface area (TPSA) is 79.3 Å². The lowest BCUT2D eigenvalue weighted by Crippen LogP contribution is -2.26. The van der Waals surface area contributed by atoms with E-state index in [1.165, 1.54) is 22.7 Å². The minimum atomic E-state index is -0.526. The maximum Gasteiger partial charge on any atom is 0.276 e. The molecule has 0 aliphatic carbocycles. The molecule has 0 saturated heterocycles. The van der Waals surface area contributed by atoms with E-state index in [4.69, 9.17) is 0 Å². The van der Waals surface area contributed by atoms with Crippen LogP contribution in [0.15, 0.2) is 41.3 Å². The number of nitrogens with one attached hydrogen (secondary N) is 2. The Hall–Kier alpha value is -2.96. The average Bonchev–Trinajstić information content (AvgIpc) is 2.94. The maximum atomic E-state index is 13.5. The lowest BCUT2D eigenvalue weighted by atomic mass is 10.1. The lowest BCUT2D eigenvalue weighted by molar-refractivity contribution is -0.115. The van der Waals surface area contributed by atoms with Crippen LogP contribution in [-0.4, -0.2) is 20.5 Å². The molecule has 0 fully saturated rings. The Balaban J connectivity index is 1.88. The van der Waals surface area contributed by atoms with E-state index < -0.39 is 11.7 Å². The van der Waals surface area contributed by atoms with Crippen molar-refractivity contribution in [3.05, 3.63) is 64.0 Å². The molecule has 0 spiro atoms. The number of benzene rings is 1. The number of aryl methyl sites for hydroxylation is 1. The summed E-state index contributed by atoms with van der Waals surface area (Å²) in [5, 5.41) is 5.19. The number of carbonyl (C=O) groups is 1. The predicted octanol–water partition coefficient (Wildman–Crippen LogP) is 1.65. The number of anilines is 1. The zero-order valence-electron chi connectivity index (χ0n) is 11.8. The van der Waals surface area contributed by atoms with Crippen LogP contribution in [0.5, 0.6) is 0 Å². The van der Waals surface area contributed by atoms with E-state index in [1.54, 1.807) is 25.3 Å². The Morgan fingerprint density at radius 2 is 2.14 bits per heavy atom. The first kappa shape index (κ1) is 14.0. The van der Waals surface area contributed by atoms with Gasteiger partial charge in [-0.05, 0) is 19.1 Å². The van der Waals surface area contributed by atoms with Crippen LogP contribution in [0.1, 0.15) is 11.3 Å². The molecule has 2 aromatic heterocycles. The molecule has 0 bridgehead atoms. The number of rotatable bonds is 3. The molecule has 6 nitrogen and oxygen atoms in total. The number of para-hydroxylation sites is 1. The molecule has 2 heterocycles. The van der Waals surface area contributed by atoms with E-state index in [-0.39, 0.29) is 23.2 Å². The molecule has 0 atom stereocenters. The van der Waals surface area contributed by atoms with Gasteiger partial charge in [-0.25, -0.2) is 13.9 Å². The molecule has 2 N–H and O–H groups in total. The Bertz CT molecular complexity index is 913. The monoisotopic (exact) mass is 300 g/mol. The van der Waals surface area contributed by atoms with E-state index in [9.17, 15) is 14.0 Å². The van der Waals surface area contributed by atoms with Gasteiger partial charge in [0.2, 0.25) is 5.91 Å². The molecule has 0 unspecified atom stereocenters. The quantitative estimate of drug-likeness (QED) is 0.772. The van der Waals surface area contributed by atoms with E-state index in [0.717, 1.165) is 0 Å². The minimum absolute atomic E-state index is 0.0826. The van der Waals surface area contributed by atoms with Gasteiger partial charge in [-0.2, -0.15) is 0 Å². The molecule has 1 aromatic carbocycles. The SMILES string of the molecule is Cc1nc2cc[nH]n2c(=O)c1CC(=O)Nc1ccccc1F. The number of amides is 1. The summed E-state index contributed by atoms with van der Waals surface area (Å²) in [6.45, 7) is 1.67. The molecule has 0 saturated carbocycles. The smallest absolute Gasteiger partial charge is 0.276 e. The highest BCUT2D eigenvalue weighted by Crippen LogP contribution is 2.13. The van der Waals surface area contributed by atoms with Crippen LogP contribution >= 0.6 is 0 Å². The van der Waals surface area contributed by atoms with Gasteiger partial charge in [-0.3, -0.25) is 14.7 Å². The van der Waals surface area contributed by atoms with Gasteiger partial charge < -0.3 is 5.32 Å². The van der Waals surface area contributed by atoms with Crippen LogP contribution < -0.4 is 10.9 Å². The lowest BCUT2D eigenvalue weighted by Gasteiger charge is -2.07. The summed E-state index contributed by atoms with van der Waals surface area (Å²) in [4.78, 5) is 28.6. The van der Waals surface area contributed by atoms with Crippen molar-refractivity contribution >= 4 is 17.2 Å². The molecular formula is C15H13FN4O2. The fourth-order valence-corrected chi connectivity index (χ4v) is 2.23. The number of carbonyl (C=O) groups excluding carboxylic acids is 1. The molecule has 7 heteroatoms. The molecule has 0 aliphatic rings. The second kappa shape index (κ2) is 5.44. The van der Waals surface area contributed by atoms with Crippen LogP contribution in [0.2, 0.25) is 0 Å². The highest BCUT2D eigenvalue weighted by atomic mass is 19.1. The maximum absolute atomic E-state index is 13.5. The largest absolute Gasteiger partial charge is 0.323 e. The van der Waals surface area contributed by atoms with Gasteiger partial charge in [0.15, 0.2) is 5.65 Å². The molecular weight excluding hydrogens is 287 g/mol. The van der Waals surface area contributed by atoms with Crippen molar-refractivity contribution < 1.29 is 9.18 Å². The molecule has 3 rings (SSSR count). The van der Waals surface area contributed by atoms with E-state index in [2.05, 4.69) is 15.4 Å². The normalized spacial score (nSPS) is 10.8. The Labute approximate surface area is 124 Å². The van der Waals surface area contributed by atoms with Crippen LogP contribution in [0.3, 0.4) is 0 Å². The number of halogens is 1. The number of aromatic nitrogens is 3. The summed E-state index contributed by atoms with van der Waals surface area (Å²) >= 11 is 0. The number of nitrogens with zero attached hydrogens (tertiary/aromatic N) is 2. The summed E-state index contributed by atoms with van der Waals surface area (Å²) < 4.78 is 14.8. The Morgan fingerprint density at radius 1 is 1.36 bits per heavy atom. The van der Waals surface area contributed by atoms with Crippen LogP contribution in [0, 0.1) is 12.7 Å². The standard InChI is InChI=1S/C15H13FN4O2/c1-9-10(15(22)20-13(18-9)6-7-17-20)8-14(21)19-12-5-3-2-4-11(12)16/h2-7,17H,8H2,1H3,(H,19,21). The summed E-state index contributed by atoms with van der Waals surface area (Å²) in [5.74, 6) is -0.999. The van der Waals surface area contributed by atoms with Crippen molar-refractivity contribution in [2.24, 2.45) is 0 Å².